The zero-order chi connectivity index (χ0) is 15.8. The van der Waals surface area contributed by atoms with Crippen molar-refractivity contribution in [2.24, 2.45) is 5.10 Å². The van der Waals surface area contributed by atoms with Crippen molar-refractivity contribution in [1.82, 2.24) is 0 Å². The van der Waals surface area contributed by atoms with E-state index in [1.165, 1.54) is 0 Å². The topological polar surface area (TPSA) is 42.8 Å². The molecule has 0 heterocycles. The third-order valence-corrected chi connectivity index (χ3v) is 3.52. The van der Waals surface area contributed by atoms with Crippen molar-refractivity contribution in [1.29, 1.82) is 0 Å². The second-order valence-electron chi connectivity index (χ2n) is 4.42. The standard InChI is InChI=1S/C17H19BrN2O2/c1-3-21-16-10-13(15(18)11-17(16)22-4-2)12-19-20-14-8-6-5-7-9-14/h5-12,20H,3-4H2,1-2H3. The first-order chi connectivity index (χ1) is 10.7. The zero-order valence-corrected chi connectivity index (χ0v) is 14.3. The summed E-state index contributed by atoms with van der Waals surface area (Å²) in [5.74, 6) is 1.44. The smallest absolute Gasteiger partial charge is 0.162 e. The minimum absolute atomic E-state index is 0.584. The Hall–Kier alpha value is -2.01. The van der Waals surface area contributed by atoms with E-state index in [4.69, 9.17) is 9.47 Å². The van der Waals surface area contributed by atoms with Gasteiger partial charge in [0.15, 0.2) is 11.5 Å². The number of nitrogens with zero attached hydrogens (tertiary/aromatic N) is 1. The first kappa shape index (κ1) is 16.4. The Bertz CT molecular complexity index is 630. The van der Waals surface area contributed by atoms with Crippen molar-refractivity contribution in [3.05, 3.63) is 52.5 Å². The molecule has 2 rings (SSSR count). The van der Waals surface area contributed by atoms with E-state index >= 15 is 0 Å². The molecule has 1 N–H and O–H groups in total. The first-order valence-corrected chi connectivity index (χ1v) is 7.97. The van der Waals surface area contributed by atoms with Gasteiger partial charge in [0.05, 0.1) is 25.1 Å². The van der Waals surface area contributed by atoms with Crippen LogP contribution in [0.15, 0.2) is 52.0 Å². The molecule has 0 aliphatic heterocycles. The van der Waals surface area contributed by atoms with E-state index in [1.807, 2.05) is 56.3 Å². The van der Waals surface area contributed by atoms with Gasteiger partial charge >= 0.3 is 0 Å². The van der Waals surface area contributed by atoms with Crippen LogP contribution in [-0.4, -0.2) is 19.4 Å². The highest BCUT2D eigenvalue weighted by Gasteiger charge is 2.09. The number of hydrogen-bond acceptors (Lipinski definition) is 4. The van der Waals surface area contributed by atoms with Crippen molar-refractivity contribution >= 4 is 27.8 Å². The quantitative estimate of drug-likeness (QED) is 0.573. The van der Waals surface area contributed by atoms with Gasteiger partial charge in [-0.15, -0.1) is 0 Å². The molecule has 0 bridgehead atoms. The van der Waals surface area contributed by atoms with Gasteiger partial charge in [-0.3, -0.25) is 5.43 Å². The minimum atomic E-state index is 0.584. The predicted octanol–water partition coefficient (Wildman–Crippen LogP) is 4.69. The van der Waals surface area contributed by atoms with Gasteiger partial charge in [0.2, 0.25) is 0 Å². The predicted molar refractivity (Wildman–Crippen MR) is 94.1 cm³/mol. The van der Waals surface area contributed by atoms with Crippen molar-refractivity contribution < 1.29 is 9.47 Å². The Balaban J connectivity index is 2.17. The molecule has 2 aromatic carbocycles. The van der Waals surface area contributed by atoms with Crippen LogP contribution in [0.2, 0.25) is 0 Å². The zero-order valence-electron chi connectivity index (χ0n) is 12.7. The van der Waals surface area contributed by atoms with Crippen LogP contribution < -0.4 is 14.9 Å². The van der Waals surface area contributed by atoms with E-state index in [2.05, 4.69) is 26.5 Å². The van der Waals surface area contributed by atoms with Crippen molar-refractivity contribution in [3.8, 4) is 11.5 Å². The minimum Gasteiger partial charge on any atom is -0.490 e. The lowest BCUT2D eigenvalue weighted by molar-refractivity contribution is 0.287. The second kappa shape index (κ2) is 8.44. The molecular weight excluding hydrogens is 344 g/mol. The number of ether oxygens (including phenoxy) is 2. The maximum absolute atomic E-state index is 5.62. The fourth-order valence-electron chi connectivity index (χ4n) is 1.88. The summed E-state index contributed by atoms with van der Waals surface area (Å²) in [6.07, 6.45) is 1.75. The highest BCUT2D eigenvalue weighted by molar-refractivity contribution is 9.10. The summed E-state index contributed by atoms with van der Waals surface area (Å²) in [6.45, 7) is 5.07. The Morgan fingerprint density at radius 2 is 1.68 bits per heavy atom. The third-order valence-electron chi connectivity index (χ3n) is 2.83. The molecule has 0 radical (unpaired) electrons. The van der Waals surface area contributed by atoms with Crippen LogP contribution in [0.3, 0.4) is 0 Å². The van der Waals surface area contributed by atoms with Gasteiger partial charge in [0, 0.05) is 10.0 Å². The number of rotatable bonds is 7. The monoisotopic (exact) mass is 362 g/mol. The van der Waals surface area contributed by atoms with E-state index in [0.29, 0.717) is 19.0 Å². The molecule has 0 saturated heterocycles. The van der Waals surface area contributed by atoms with E-state index in [-0.39, 0.29) is 0 Å². The van der Waals surface area contributed by atoms with Gasteiger partial charge in [-0.25, -0.2) is 0 Å². The molecule has 0 atom stereocenters. The summed E-state index contributed by atoms with van der Waals surface area (Å²) in [6, 6.07) is 13.6. The van der Waals surface area contributed by atoms with Gasteiger partial charge in [-0.2, -0.15) is 5.10 Å². The van der Waals surface area contributed by atoms with E-state index in [9.17, 15) is 0 Å². The maximum Gasteiger partial charge on any atom is 0.162 e. The van der Waals surface area contributed by atoms with Gasteiger partial charge in [-0.05, 0) is 54.0 Å². The molecule has 0 spiro atoms. The fraction of sp³-hybridized carbons (Fsp3) is 0.235. The molecule has 0 aliphatic rings. The Kier molecular flexibility index (Phi) is 6.27. The molecule has 0 unspecified atom stereocenters. The molecule has 5 heteroatoms. The summed E-state index contributed by atoms with van der Waals surface area (Å²) in [5.41, 5.74) is 4.84. The summed E-state index contributed by atoms with van der Waals surface area (Å²) in [7, 11) is 0. The van der Waals surface area contributed by atoms with Crippen LogP contribution >= 0.6 is 15.9 Å². The largest absolute Gasteiger partial charge is 0.490 e. The number of hydrogen-bond donors (Lipinski definition) is 1. The van der Waals surface area contributed by atoms with Crippen molar-refractivity contribution in [2.45, 2.75) is 13.8 Å². The molecule has 0 amide bonds. The number of nitrogens with one attached hydrogen (secondary N) is 1. The Morgan fingerprint density at radius 3 is 2.32 bits per heavy atom. The lowest BCUT2D eigenvalue weighted by Crippen LogP contribution is -2.00. The molecule has 0 fully saturated rings. The molecule has 116 valence electrons. The SMILES string of the molecule is CCOc1cc(Br)c(C=NNc2ccccc2)cc1OCC. The van der Waals surface area contributed by atoms with Crippen LogP contribution in [-0.2, 0) is 0 Å². The van der Waals surface area contributed by atoms with Crippen LogP contribution in [0.4, 0.5) is 5.69 Å². The highest BCUT2D eigenvalue weighted by atomic mass is 79.9. The van der Waals surface area contributed by atoms with Crippen LogP contribution in [0.25, 0.3) is 0 Å². The van der Waals surface area contributed by atoms with Crippen LogP contribution in [0, 0.1) is 0 Å². The molecular formula is C17H19BrN2O2. The van der Waals surface area contributed by atoms with Gasteiger partial charge in [0.1, 0.15) is 0 Å². The molecule has 0 aliphatic carbocycles. The Morgan fingerprint density at radius 1 is 1.05 bits per heavy atom. The number of para-hydroxylation sites is 1. The van der Waals surface area contributed by atoms with Gasteiger partial charge < -0.3 is 9.47 Å². The average Bonchev–Trinajstić information content (AvgIpc) is 2.53. The third kappa shape index (κ3) is 4.49. The number of benzene rings is 2. The van der Waals surface area contributed by atoms with Crippen molar-refractivity contribution in [2.75, 3.05) is 18.6 Å². The number of hydrazone groups is 1. The fourth-order valence-corrected chi connectivity index (χ4v) is 2.30. The van der Waals surface area contributed by atoms with E-state index < -0.39 is 0 Å². The molecule has 22 heavy (non-hydrogen) atoms. The van der Waals surface area contributed by atoms with Crippen LogP contribution in [0.5, 0.6) is 11.5 Å². The molecule has 4 nitrogen and oxygen atoms in total. The number of anilines is 1. The normalized spacial score (nSPS) is 10.7. The summed E-state index contributed by atoms with van der Waals surface area (Å²) in [4.78, 5) is 0. The second-order valence-corrected chi connectivity index (χ2v) is 5.28. The summed E-state index contributed by atoms with van der Waals surface area (Å²) < 4.78 is 12.1. The van der Waals surface area contributed by atoms with E-state index in [0.717, 1.165) is 21.5 Å². The van der Waals surface area contributed by atoms with Gasteiger partial charge in [-0.1, -0.05) is 18.2 Å². The average molecular weight is 363 g/mol. The summed E-state index contributed by atoms with van der Waals surface area (Å²) in [5, 5.41) is 4.25. The van der Waals surface area contributed by atoms with E-state index in [1.54, 1.807) is 6.21 Å². The first-order valence-electron chi connectivity index (χ1n) is 7.17. The number of halogens is 1. The molecule has 0 saturated carbocycles. The lowest BCUT2D eigenvalue weighted by atomic mass is 10.2. The molecule has 2 aromatic rings. The summed E-state index contributed by atoms with van der Waals surface area (Å²) >= 11 is 3.53. The molecule has 0 aromatic heterocycles. The highest BCUT2D eigenvalue weighted by Crippen LogP contribution is 2.33. The maximum atomic E-state index is 5.62. The van der Waals surface area contributed by atoms with Crippen molar-refractivity contribution in [3.63, 3.8) is 0 Å². The van der Waals surface area contributed by atoms with Gasteiger partial charge in [0.25, 0.3) is 0 Å². The lowest BCUT2D eigenvalue weighted by Gasteiger charge is -2.12. The Labute approximate surface area is 139 Å². The van der Waals surface area contributed by atoms with Crippen LogP contribution in [0.1, 0.15) is 19.4 Å².